The largest absolute Gasteiger partial charge is 0.275 e. The van der Waals surface area contributed by atoms with Gasteiger partial charge in [-0.3, -0.25) is 19.6 Å². The molecule has 132 valence electrons. The number of thiophene rings is 1. The lowest BCUT2D eigenvalue weighted by atomic mass is 10.0. The molecule has 0 unspecified atom stereocenters. The minimum absolute atomic E-state index is 0.281. The van der Waals surface area contributed by atoms with Crippen molar-refractivity contribution in [1.82, 2.24) is 20.1 Å². The average Bonchev–Trinajstić information content (AvgIpc) is 3.41. The summed E-state index contributed by atoms with van der Waals surface area (Å²) in [4.78, 5) is 31.5. The van der Waals surface area contributed by atoms with Gasteiger partial charge in [0.25, 0.3) is 11.8 Å². The first-order valence-corrected chi connectivity index (χ1v) is 9.48. The molecule has 0 saturated carbocycles. The molecule has 0 saturated heterocycles. The van der Waals surface area contributed by atoms with E-state index in [1.165, 1.54) is 11.1 Å². The number of carbonyl (C=O) groups is 2. The Morgan fingerprint density at radius 2 is 1.93 bits per heavy atom. The molecule has 1 aliphatic rings. The number of fused-ring (bicyclic) bond motifs is 3. The van der Waals surface area contributed by atoms with E-state index in [-0.39, 0.29) is 11.8 Å². The Labute approximate surface area is 158 Å². The number of pyridine rings is 1. The smallest absolute Gasteiger partial charge is 0.263 e. The van der Waals surface area contributed by atoms with E-state index < -0.39 is 0 Å². The highest BCUT2D eigenvalue weighted by molar-refractivity contribution is 7.08. The summed E-state index contributed by atoms with van der Waals surface area (Å²) in [6.07, 6.45) is 2.07. The fourth-order valence-electron chi connectivity index (χ4n) is 3.45. The molecule has 5 rings (SSSR count). The molecule has 6 nitrogen and oxygen atoms in total. The van der Waals surface area contributed by atoms with Gasteiger partial charge in [0, 0.05) is 23.7 Å². The van der Waals surface area contributed by atoms with Crippen molar-refractivity contribution < 1.29 is 9.59 Å². The molecular weight excluding hydrogens is 360 g/mol. The standard InChI is InChI=1S/C20H14N4O2S/c25-19-14-10-21-18-16(17(22-23-18)13-7-9-27-11-13)15(14)20(26)24(19)8-6-12-4-2-1-3-5-12/h1-5,7,9-11H,6,8H2,(H,21,22,23). The molecule has 27 heavy (non-hydrogen) atoms. The van der Waals surface area contributed by atoms with Crippen LogP contribution in [0.4, 0.5) is 0 Å². The molecule has 0 aliphatic carbocycles. The lowest BCUT2D eigenvalue weighted by Crippen LogP contribution is -2.31. The lowest BCUT2D eigenvalue weighted by molar-refractivity contribution is 0.0656. The van der Waals surface area contributed by atoms with Gasteiger partial charge < -0.3 is 0 Å². The molecule has 0 radical (unpaired) electrons. The van der Waals surface area contributed by atoms with Gasteiger partial charge in [-0.05, 0) is 23.4 Å². The summed E-state index contributed by atoms with van der Waals surface area (Å²) in [5, 5.41) is 11.7. The Bertz CT molecular complexity index is 1170. The molecule has 7 heteroatoms. The summed E-state index contributed by atoms with van der Waals surface area (Å²) >= 11 is 1.56. The first-order valence-electron chi connectivity index (χ1n) is 8.54. The number of amides is 2. The van der Waals surface area contributed by atoms with Gasteiger partial charge in [0.2, 0.25) is 0 Å². The molecule has 4 aromatic rings. The van der Waals surface area contributed by atoms with E-state index in [2.05, 4.69) is 15.2 Å². The van der Waals surface area contributed by atoms with E-state index in [1.54, 1.807) is 11.3 Å². The fraction of sp³-hybridized carbons (Fsp3) is 0.100. The van der Waals surface area contributed by atoms with E-state index in [4.69, 9.17) is 0 Å². The Morgan fingerprint density at radius 1 is 1.07 bits per heavy atom. The van der Waals surface area contributed by atoms with E-state index in [1.807, 2.05) is 47.2 Å². The zero-order valence-corrected chi connectivity index (χ0v) is 15.0. The number of nitrogens with zero attached hydrogens (tertiary/aromatic N) is 3. The van der Waals surface area contributed by atoms with Crippen molar-refractivity contribution in [3.8, 4) is 11.3 Å². The topological polar surface area (TPSA) is 79.0 Å². The number of H-pyrrole nitrogens is 1. The molecule has 1 aliphatic heterocycles. The van der Waals surface area contributed by atoms with Crippen molar-refractivity contribution in [2.24, 2.45) is 0 Å². The Morgan fingerprint density at radius 3 is 2.70 bits per heavy atom. The van der Waals surface area contributed by atoms with Crippen LogP contribution in [0.5, 0.6) is 0 Å². The fourth-order valence-corrected chi connectivity index (χ4v) is 4.10. The van der Waals surface area contributed by atoms with Crippen LogP contribution in [0.15, 0.2) is 53.4 Å². The Balaban J connectivity index is 1.56. The van der Waals surface area contributed by atoms with Crippen molar-refractivity contribution in [2.45, 2.75) is 6.42 Å². The van der Waals surface area contributed by atoms with Crippen LogP contribution >= 0.6 is 11.3 Å². The number of rotatable bonds is 4. The summed E-state index contributed by atoms with van der Waals surface area (Å²) in [6, 6.07) is 11.8. The molecular formula is C20H14N4O2S. The van der Waals surface area contributed by atoms with Gasteiger partial charge in [0.15, 0.2) is 5.65 Å². The zero-order valence-electron chi connectivity index (χ0n) is 14.2. The van der Waals surface area contributed by atoms with Crippen molar-refractivity contribution >= 4 is 34.2 Å². The van der Waals surface area contributed by atoms with Gasteiger partial charge >= 0.3 is 0 Å². The second kappa shape index (κ2) is 6.14. The van der Waals surface area contributed by atoms with Crippen LogP contribution in [0.1, 0.15) is 26.3 Å². The number of aromatic nitrogens is 3. The summed E-state index contributed by atoms with van der Waals surface area (Å²) in [5.74, 6) is -0.575. The number of hydrogen-bond donors (Lipinski definition) is 1. The first-order chi connectivity index (χ1) is 13.2. The van der Waals surface area contributed by atoms with E-state index in [9.17, 15) is 9.59 Å². The Hall–Kier alpha value is -3.32. The predicted molar refractivity (Wildman–Crippen MR) is 103 cm³/mol. The molecule has 2 amide bonds. The van der Waals surface area contributed by atoms with Crippen molar-refractivity contribution in [3.63, 3.8) is 0 Å². The number of imide groups is 1. The van der Waals surface area contributed by atoms with Crippen LogP contribution in [0.25, 0.3) is 22.3 Å². The quantitative estimate of drug-likeness (QED) is 0.554. The molecule has 0 atom stereocenters. The summed E-state index contributed by atoms with van der Waals surface area (Å²) < 4.78 is 0. The third kappa shape index (κ3) is 2.47. The van der Waals surface area contributed by atoms with Crippen molar-refractivity contribution in [1.29, 1.82) is 0 Å². The molecule has 0 fully saturated rings. The zero-order chi connectivity index (χ0) is 18.4. The minimum atomic E-state index is -0.294. The van der Waals surface area contributed by atoms with Crippen LogP contribution in [-0.2, 0) is 6.42 Å². The van der Waals surface area contributed by atoms with Crippen LogP contribution < -0.4 is 0 Å². The maximum atomic E-state index is 13.1. The number of hydrogen-bond acceptors (Lipinski definition) is 5. The number of carbonyl (C=O) groups excluding carboxylic acids is 2. The van der Waals surface area contributed by atoms with Crippen LogP contribution in [0.3, 0.4) is 0 Å². The number of nitrogens with one attached hydrogen (secondary N) is 1. The summed E-state index contributed by atoms with van der Waals surface area (Å²) in [5.41, 5.74) is 3.93. The van der Waals surface area contributed by atoms with Gasteiger partial charge in [-0.25, -0.2) is 4.98 Å². The van der Waals surface area contributed by atoms with Gasteiger partial charge in [0.05, 0.1) is 22.2 Å². The normalized spacial score (nSPS) is 13.6. The van der Waals surface area contributed by atoms with Crippen molar-refractivity contribution in [2.75, 3.05) is 6.54 Å². The number of benzene rings is 1. The predicted octanol–water partition coefficient (Wildman–Crippen LogP) is 3.53. The lowest BCUT2D eigenvalue weighted by Gasteiger charge is -2.13. The van der Waals surface area contributed by atoms with Gasteiger partial charge in [-0.1, -0.05) is 30.3 Å². The second-order valence-corrected chi connectivity index (χ2v) is 7.13. The minimum Gasteiger partial charge on any atom is -0.275 e. The highest BCUT2D eigenvalue weighted by atomic mass is 32.1. The molecule has 0 spiro atoms. The van der Waals surface area contributed by atoms with E-state index >= 15 is 0 Å². The van der Waals surface area contributed by atoms with Gasteiger partial charge in [0.1, 0.15) is 0 Å². The maximum absolute atomic E-state index is 13.1. The summed E-state index contributed by atoms with van der Waals surface area (Å²) in [7, 11) is 0. The van der Waals surface area contributed by atoms with Crippen LogP contribution in [-0.4, -0.2) is 38.4 Å². The van der Waals surface area contributed by atoms with E-state index in [0.29, 0.717) is 35.1 Å². The van der Waals surface area contributed by atoms with Gasteiger partial charge in [-0.2, -0.15) is 16.4 Å². The maximum Gasteiger partial charge on any atom is 0.263 e. The highest BCUT2D eigenvalue weighted by Crippen LogP contribution is 2.35. The molecule has 1 N–H and O–H groups in total. The SMILES string of the molecule is O=C1c2cnc3n[nH]c(-c4ccsc4)c3c2C(=O)N1CCc1ccccc1. The molecule has 3 aromatic heterocycles. The Kier molecular flexibility index (Phi) is 3.61. The summed E-state index contributed by atoms with van der Waals surface area (Å²) in [6.45, 7) is 0.337. The van der Waals surface area contributed by atoms with Crippen molar-refractivity contribution in [3.05, 3.63) is 70.0 Å². The van der Waals surface area contributed by atoms with Crippen LogP contribution in [0, 0.1) is 0 Å². The second-order valence-electron chi connectivity index (χ2n) is 6.35. The monoisotopic (exact) mass is 374 g/mol. The van der Waals surface area contributed by atoms with Crippen LogP contribution in [0.2, 0.25) is 0 Å². The third-order valence-electron chi connectivity index (χ3n) is 4.79. The van der Waals surface area contributed by atoms with Gasteiger partial charge in [-0.15, -0.1) is 0 Å². The molecule has 1 aromatic carbocycles. The molecule has 0 bridgehead atoms. The molecule has 4 heterocycles. The average molecular weight is 374 g/mol. The highest BCUT2D eigenvalue weighted by Gasteiger charge is 2.38. The van der Waals surface area contributed by atoms with E-state index in [0.717, 1.165) is 16.8 Å². The number of aromatic amines is 1. The first kappa shape index (κ1) is 15.9. The third-order valence-corrected chi connectivity index (χ3v) is 5.48.